The van der Waals surface area contributed by atoms with E-state index in [0.29, 0.717) is 0 Å². The highest BCUT2D eigenvalue weighted by molar-refractivity contribution is 5.83. The quantitative estimate of drug-likeness (QED) is 0.414. The lowest BCUT2D eigenvalue weighted by molar-refractivity contribution is -0.169. The third-order valence-corrected chi connectivity index (χ3v) is 8.68. The first-order chi connectivity index (χ1) is 16.1. The van der Waals surface area contributed by atoms with Crippen molar-refractivity contribution < 1.29 is 19.4 Å². The Morgan fingerprint density at radius 1 is 0.606 bits per heavy atom. The van der Waals surface area contributed by atoms with Crippen LogP contribution in [0.4, 0.5) is 0 Å². The second-order valence-electron chi connectivity index (χ2n) is 11.0. The number of hydrogen-bond acceptors (Lipinski definition) is 3. The van der Waals surface area contributed by atoms with Crippen molar-refractivity contribution in [3.63, 3.8) is 0 Å². The predicted octanol–water partition coefficient (Wildman–Crippen LogP) is 8.46. The van der Waals surface area contributed by atoms with Crippen molar-refractivity contribution in [2.75, 3.05) is 7.11 Å². The first-order valence-electron chi connectivity index (χ1n) is 14.4. The van der Waals surface area contributed by atoms with E-state index in [1.165, 1.54) is 97.0 Å². The maximum absolute atomic E-state index is 13.6. The molecule has 4 heteroatoms. The van der Waals surface area contributed by atoms with Crippen LogP contribution in [0.25, 0.3) is 0 Å². The highest BCUT2D eigenvalue weighted by Crippen LogP contribution is 2.50. The summed E-state index contributed by atoms with van der Waals surface area (Å²) in [4.78, 5) is 25.9. The van der Waals surface area contributed by atoms with Crippen molar-refractivity contribution >= 4 is 11.9 Å². The van der Waals surface area contributed by atoms with Crippen LogP contribution in [0.3, 0.4) is 0 Å². The van der Waals surface area contributed by atoms with Crippen molar-refractivity contribution in [1.29, 1.82) is 0 Å². The van der Waals surface area contributed by atoms with E-state index in [4.69, 9.17) is 4.74 Å². The summed E-state index contributed by atoms with van der Waals surface area (Å²) < 4.78 is 5.47. The van der Waals surface area contributed by atoms with E-state index in [2.05, 4.69) is 0 Å². The zero-order valence-corrected chi connectivity index (χ0v) is 21.6. The van der Waals surface area contributed by atoms with Crippen LogP contribution in [0.5, 0.6) is 0 Å². The molecule has 2 rings (SSSR count). The smallest absolute Gasteiger partial charge is 0.312 e. The number of esters is 1. The number of carboxylic acids is 1. The Morgan fingerprint density at radius 3 is 1.12 bits per heavy atom. The minimum Gasteiger partial charge on any atom is -0.481 e. The van der Waals surface area contributed by atoms with E-state index in [1.54, 1.807) is 0 Å². The molecule has 1 N–H and O–H groups in total. The molecule has 0 aromatic carbocycles. The van der Waals surface area contributed by atoms with Gasteiger partial charge in [-0.05, 0) is 37.5 Å². The van der Waals surface area contributed by atoms with Crippen LogP contribution < -0.4 is 0 Å². The molecule has 0 amide bonds. The van der Waals surface area contributed by atoms with Crippen molar-refractivity contribution in [2.45, 2.75) is 148 Å². The van der Waals surface area contributed by atoms with Crippen LogP contribution >= 0.6 is 0 Å². The van der Waals surface area contributed by atoms with Crippen molar-refractivity contribution in [2.24, 2.45) is 17.3 Å². The highest BCUT2D eigenvalue weighted by atomic mass is 16.5. The Kier molecular flexibility index (Phi) is 14.1. The summed E-state index contributed by atoms with van der Waals surface area (Å²) in [5.41, 5.74) is -0.866. The maximum atomic E-state index is 13.6. The van der Waals surface area contributed by atoms with Gasteiger partial charge in [0.2, 0.25) is 0 Å². The molecule has 0 unspecified atom stereocenters. The average Bonchev–Trinajstić information content (AvgIpc) is 2.78. The van der Waals surface area contributed by atoms with E-state index >= 15 is 0 Å². The van der Waals surface area contributed by atoms with Gasteiger partial charge in [-0.3, -0.25) is 9.59 Å². The van der Waals surface area contributed by atoms with E-state index < -0.39 is 11.4 Å². The van der Waals surface area contributed by atoms with Crippen molar-refractivity contribution in [3.05, 3.63) is 0 Å². The molecule has 0 aromatic rings. The number of ether oxygens (including phenoxy) is 1. The minimum atomic E-state index is -0.866. The molecule has 2 saturated carbocycles. The Labute approximate surface area is 203 Å². The maximum Gasteiger partial charge on any atom is 0.312 e. The summed E-state index contributed by atoms with van der Waals surface area (Å²) in [5.74, 6) is -0.825. The fourth-order valence-corrected chi connectivity index (χ4v) is 6.82. The number of methoxy groups -OCH3 is 1. The molecule has 0 heterocycles. The fourth-order valence-electron chi connectivity index (χ4n) is 6.82. The Hall–Kier alpha value is -1.06. The molecule has 0 radical (unpaired) electrons. The molecule has 2 aliphatic rings. The molecule has 0 spiro atoms. The molecule has 4 nitrogen and oxygen atoms in total. The SMILES string of the molecule is COC(=O)C(CC(=O)O)(C1CCCCCCCCCCC1)C1CCCCCCCCCCC1. The zero-order valence-electron chi connectivity index (χ0n) is 21.6. The first kappa shape index (κ1) is 28.2. The fraction of sp³-hybridized carbons (Fsp3) is 0.931. The van der Waals surface area contributed by atoms with Crippen LogP contribution in [0, 0.1) is 17.3 Å². The highest BCUT2D eigenvalue weighted by Gasteiger charge is 2.52. The van der Waals surface area contributed by atoms with Crippen molar-refractivity contribution in [3.8, 4) is 0 Å². The molecule has 2 fully saturated rings. The van der Waals surface area contributed by atoms with Crippen LogP contribution in [-0.4, -0.2) is 24.2 Å². The van der Waals surface area contributed by atoms with Gasteiger partial charge in [-0.15, -0.1) is 0 Å². The van der Waals surface area contributed by atoms with E-state index in [-0.39, 0.29) is 24.2 Å². The number of carbonyl (C=O) groups is 2. The molecule has 2 aliphatic carbocycles. The standard InChI is InChI=1S/C29H52O4/c1-33-28(32)29(24-27(30)31,25-20-16-12-8-4-2-5-9-13-17-21-25)26-22-18-14-10-6-3-7-11-15-19-23-26/h25-26H,2-24H2,1H3,(H,30,31). The second kappa shape index (κ2) is 16.5. The molecular weight excluding hydrogens is 412 g/mol. The Bertz CT molecular complexity index is 490. The van der Waals surface area contributed by atoms with Gasteiger partial charge in [0.25, 0.3) is 0 Å². The normalized spacial score (nSPS) is 22.7. The lowest BCUT2D eigenvalue weighted by Crippen LogP contribution is -2.48. The van der Waals surface area contributed by atoms with Crippen LogP contribution in [-0.2, 0) is 14.3 Å². The van der Waals surface area contributed by atoms with Crippen LogP contribution in [0.2, 0.25) is 0 Å². The molecule has 0 aromatic heterocycles. The van der Waals surface area contributed by atoms with E-state index in [9.17, 15) is 14.7 Å². The third kappa shape index (κ3) is 9.61. The lowest BCUT2D eigenvalue weighted by Gasteiger charge is -2.44. The van der Waals surface area contributed by atoms with E-state index in [1.807, 2.05) is 0 Å². The summed E-state index contributed by atoms with van der Waals surface area (Å²) in [6.07, 6.45) is 26.0. The number of rotatable bonds is 5. The minimum absolute atomic E-state index is 0.0605. The van der Waals surface area contributed by atoms with Gasteiger partial charge in [0.15, 0.2) is 0 Å². The zero-order chi connectivity index (χ0) is 23.8. The monoisotopic (exact) mass is 464 g/mol. The molecule has 0 saturated heterocycles. The number of carboxylic acid groups (broad SMARTS) is 1. The number of aliphatic carboxylic acids is 1. The average molecular weight is 465 g/mol. The predicted molar refractivity (Wildman–Crippen MR) is 135 cm³/mol. The van der Waals surface area contributed by atoms with Gasteiger partial charge in [-0.1, -0.05) is 116 Å². The van der Waals surface area contributed by atoms with Gasteiger partial charge in [-0.2, -0.15) is 0 Å². The molecule has 33 heavy (non-hydrogen) atoms. The van der Waals surface area contributed by atoms with Crippen LogP contribution in [0.15, 0.2) is 0 Å². The number of carbonyl (C=O) groups excluding carboxylic acids is 1. The summed E-state index contributed by atoms with van der Waals surface area (Å²) in [6.45, 7) is 0. The molecule has 0 bridgehead atoms. The summed E-state index contributed by atoms with van der Waals surface area (Å²) in [7, 11) is 1.48. The largest absolute Gasteiger partial charge is 0.481 e. The second-order valence-corrected chi connectivity index (χ2v) is 11.0. The third-order valence-electron chi connectivity index (χ3n) is 8.68. The van der Waals surface area contributed by atoms with Gasteiger partial charge < -0.3 is 9.84 Å². The summed E-state index contributed by atoms with van der Waals surface area (Å²) >= 11 is 0. The van der Waals surface area contributed by atoms with Crippen LogP contribution in [0.1, 0.15) is 148 Å². The van der Waals surface area contributed by atoms with Gasteiger partial charge in [0, 0.05) is 0 Å². The lowest BCUT2D eigenvalue weighted by atomic mass is 9.59. The van der Waals surface area contributed by atoms with Crippen molar-refractivity contribution in [1.82, 2.24) is 0 Å². The van der Waals surface area contributed by atoms with E-state index in [0.717, 1.165) is 51.4 Å². The summed E-state index contributed by atoms with van der Waals surface area (Å²) in [6, 6.07) is 0. The summed E-state index contributed by atoms with van der Waals surface area (Å²) in [5, 5.41) is 10.1. The van der Waals surface area contributed by atoms with Gasteiger partial charge >= 0.3 is 11.9 Å². The van der Waals surface area contributed by atoms with Gasteiger partial charge in [0.1, 0.15) is 0 Å². The van der Waals surface area contributed by atoms with Gasteiger partial charge in [0.05, 0.1) is 18.9 Å². The molecule has 192 valence electrons. The molecule has 0 aliphatic heterocycles. The number of hydrogen-bond donors (Lipinski definition) is 1. The first-order valence-corrected chi connectivity index (χ1v) is 14.4. The topological polar surface area (TPSA) is 63.6 Å². The Balaban J connectivity index is 2.34. The molecule has 0 atom stereocenters. The Morgan fingerprint density at radius 2 is 0.879 bits per heavy atom. The van der Waals surface area contributed by atoms with Gasteiger partial charge in [-0.25, -0.2) is 0 Å². The molecular formula is C29H52O4.